The van der Waals surface area contributed by atoms with E-state index in [0.29, 0.717) is 0 Å². The molecule has 0 saturated carbocycles. The van der Waals surface area contributed by atoms with Crippen molar-refractivity contribution in [1.82, 2.24) is 4.57 Å². The van der Waals surface area contributed by atoms with Gasteiger partial charge in [0.1, 0.15) is 11.4 Å². The van der Waals surface area contributed by atoms with Gasteiger partial charge in [0.25, 0.3) is 16.4 Å². The Morgan fingerprint density at radius 2 is 1.81 bits per heavy atom. The van der Waals surface area contributed by atoms with E-state index < -0.39 is 10.9 Å². The molecule has 6 nitrogen and oxygen atoms in total. The number of anilines is 2. The lowest BCUT2D eigenvalue weighted by Crippen LogP contribution is -2.35. The Bertz CT molecular complexity index is 978. The molecular weight excluding hydrogens is 272 g/mol. The van der Waals surface area contributed by atoms with Gasteiger partial charge in [-0.15, -0.1) is 0 Å². The predicted molar refractivity (Wildman–Crippen MR) is 80.4 cm³/mol. The van der Waals surface area contributed by atoms with Crippen molar-refractivity contribution in [3.8, 4) is 5.75 Å². The lowest BCUT2D eigenvalue weighted by molar-refractivity contribution is 0.408. The molecule has 0 fully saturated rings. The Balaban J connectivity index is 2.16. The lowest BCUT2D eigenvalue weighted by atomic mass is 10.1. The Morgan fingerprint density at radius 1 is 1.10 bits per heavy atom. The van der Waals surface area contributed by atoms with Crippen LogP contribution in [0.25, 0.3) is 10.9 Å². The molecule has 0 aliphatic rings. The van der Waals surface area contributed by atoms with E-state index in [1.807, 2.05) is 24.3 Å². The number of hydrogen-bond acceptors (Lipinski definition) is 5. The van der Waals surface area contributed by atoms with E-state index in [-0.39, 0.29) is 22.7 Å². The fourth-order valence-corrected chi connectivity index (χ4v) is 2.33. The topological polar surface area (TPSA) is 77.4 Å². The highest BCUT2D eigenvalue weighted by Gasteiger charge is 2.22. The lowest BCUT2D eigenvalue weighted by Gasteiger charge is -2.13. The van der Waals surface area contributed by atoms with Crippen LogP contribution in [0.3, 0.4) is 0 Å². The van der Waals surface area contributed by atoms with Crippen molar-refractivity contribution in [2.75, 3.05) is 12.4 Å². The second-order valence-electron chi connectivity index (χ2n) is 4.67. The summed E-state index contributed by atoms with van der Waals surface area (Å²) in [6.07, 6.45) is 0. The van der Waals surface area contributed by atoms with Gasteiger partial charge in [0, 0.05) is 12.4 Å². The Labute approximate surface area is 118 Å². The van der Waals surface area contributed by atoms with Gasteiger partial charge in [0.15, 0.2) is 5.75 Å². The molecule has 0 saturated heterocycles. The van der Waals surface area contributed by atoms with Crippen molar-refractivity contribution in [2.24, 2.45) is 7.05 Å². The molecule has 0 aliphatic heterocycles. The van der Waals surface area contributed by atoms with E-state index in [4.69, 9.17) is 4.74 Å². The standard InChI is InChI=1S/C15H12N2O4/c1-17-10-6-4-3-5-8(10)7-9(15(17)20)16-11-12(18)13(19)14(11)21-2/h3-7,16H,1-2H3. The third-order valence-corrected chi connectivity index (χ3v) is 3.46. The summed E-state index contributed by atoms with van der Waals surface area (Å²) in [6, 6.07) is 9.04. The third kappa shape index (κ3) is 1.84. The summed E-state index contributed by atoms with van der Waals surface area (Å²) < 4.78 is 6.33. The van der Waals surface area contributed by atoms with E-state index in [0.717, 1.165) is 10.9 Å². The number of hydrogen-bond donors (Lipinski definition) is 1. The summed E-state index contributed by atoms with van der Waals surface area (Å²) >= 11 is 0. The molecule has 106 valence electrons. The number of fused-ring (bicyclic) bond motifs is 1. The quantitative estimate of drug-likeness (QED) is 0.723. The molecule has 1 N–H and O–H groups in total. The van der Waals surface area contributed by atoms with Gasteiger partial charge in [-0.05, 0) is 12.1 Å². The minimum absolute atomic E-state index is 0.0230. The maximum absolute atomic E-state index is 12.3. The average molecular weight is 284 g/mol. The number of para-hydroxylation sites is 1. The van der Waals surface area contributed by atoms with Gasteiger partial charge >= 0.3 is 0 Å². The SMILES string of the molecule is COc1c(Nc2cc3ccccc3n(C)c2=O)c(=O)c1=O. The summed E-state index contributed by atoms with van der Waals surface area (Å²) in [4.78, 5) is 35.1. The van der Waals surface area contributed by atoms with Crippen LogP contribution in [0.15, 0.2) is 44.7 Å². The van der Waals surface area contributed by atoms with E-state index in [1.165, 1.54) is 11.7 Å². The average Bonchev–Trinajstić information content (AvgIpc) is 2.51. The Morgan fingerprint density at radius 3 is 2.52 bits per heavy atom. The second-order valence-corrected chi connectivity index (χ2v) is 4.67. The number of ether oxygens (including phenoxy) is 1. The van der Waals surface area contributed by atoms with Crippen molar-refractivity contribution in [3.05, 3.63) is 61.1 Å². The van der Waals surface area contributed by atoms with Crippen LogP contribution >= 0.6 is 0 Å². The van der Waals surface area contributed by atoms with Crippen LogP contribution < -0.4 is 26.5 Å². The first-order valence-corrected chi connectivity index (χ1v) is 6.27. The molecule has 3 rings (SSSR count). The number of nitrogens with one attached hydrogen (secondary N) is 1. The summed E-state index contributed by atoms with van der Waals surface area (Å²) in [6.45, 7) is 0. The van der Waals surface area contributed by atoms with Crippen molar-refractivity contribution >= 4 is 22.3 Å². The fourth-order valence-electron chi connectivity index (χ4n) is 2.33. The maximum Gasteiger partial charge on any atom is 0.274 e. The van der Waals surface area contributed by atoms with Gasteiger partial charge in [-0.2, -0.15) is 0 Å². The van der Waals surface area contributed by atoms with Gasteiger partial charge in [0.2, 0.25) is 0 Å². The van der Waals surface area contributed by atoms with Crippen molar-refractivity contribution in [1.29, 1.82) is 0 Å². The molecule has 21 heavy (non-hydrogen) atoms. The van der Waals surface area contributed by atoms with Crippen LogP contribution in [0, 0.1) is 0 Å². The minimum atomic E-state index is -0.683. The van der Waals surface area contributed by atoms with Gasteiger partial charge in [-0.1, -0.05) is 18.2 Å². The van der Waals surface area contributed by atoms with E-state index in [2.05, 4.69) is 5.32 Å². The van der Waals surface area contributed by atoms with Gasteiger partial charge < -0.3 is 14.6 Å². The number of pyridine rings is 1. The van der Waals surface area contributed by atoms with Crippen LogP contribution in [0.1, 0.15) is 0 Å². The van der Waals surface area contributed by atoms with E-state index >= 15 is 0 Å². The number of aryl methyl sites for hydroxylation is 1. The monoisotopic (exact) mass is 284 g/mol. The highest BCUT2D eigenvalue weighted by molar-refractivity contribution is 5.83. The second kappa shape index (κ2) is 4.59. The zero-order valence-corrected chi connectivity index (χ0v) is 11.5. The highest BCUT2D eigenvalue weighted by Crippen LogP contribution is 2.22. The Hall–Kier alpha value is -2.89. The van der Waals surface area contributed by atoms with Gasteiger partial charge in [-0.3, -0.25) is 14.4 Å². The van der Waals surface area contributed by atoms with Gasteiger partial charge in [0.05, 0.1) is 12.6 Å². The summed E-state index contributed by atoms with van der Waals surface area (Å²) in [7, 11) is 2.95. The largest absolute Gasteiger partial charge is 0.491 e. The van der Waals surface area contributed by atoms with Crippen LogP contribution in [0.5, 0.6) is 5.75 Å². The number of nitrogens with zero attached hydrogens (tertiary/aromatic N) is 1. The molecule has 0 spiro atoms. The minimum Gasteiger partial charge on any atom is -0.491 e. The van der Waals surface area contributed by atoms with Crippen LogP contribution in [-0.4, -0.2) is 11.7 Å². The number of rotatable bonds is 3. The molecule has 0 radical (unpaired) electrons. The molecular formula is C15H12N2O4. The molecule has 0 unspecified atom stereocenters. The molecule has 3 aromatic rings. The number of aromatic nitrogens is 1. The Kier molecular flexibility index (Phi) is 2.86. The molecule has 1 aromatic heterocycles. The first-order valence-electron chi connectivity index (χ1n) is 6.27. The van der Waals surface area contributed by atoms with E-state index in [9.17, 15) is 14.4 Å². The summed E-state index contributed by atoms with van der Waals surface area (Å²) in [5.41, 5.74) is -0.620. The van der Waals surface area contributed by atoms with Crippen molar-refractivity contribution < 1.29 is 4.74 Å². The van der Waals surface area contributed by atoms with Gasteiger partial charge in [-0.25, -0.2) is 0 Å². The van der Waals surface area contributed by atoms with Crippen LogP contribution in [0.4, 0.5) is 11.4 Å². The smallest absolute Gasteiger partial charge is 0.274 e. The highest BCUT2D eigenvalue weighted by atomic mass is 16.5. The first-order chi connectivity index (χ1) is 10.0. The molecule has 1 heterocycles. The summed E-state index contributed by atoms with van der Waals surface area (Å²) in [5.74, 6) is -0.0461. The van der Waals surface area contributed by atoms with Crippen LogP contribution in [-0.2, 0) is 7.05 Å². The predicted octanol–water partition coefficient (Wildman–Crippen LogP) is 0.887. The van der Waals surface area contributed by atoms with E-state index in [1.54, 1.807) is 13.1 Å². The van der Waals surface area contributed by atoms with Crippen molar-refractivity contribution in [2.45, 2.75) is 0 Å². The number of benzene rings is 1. The van der Waals surface area contributed by atoms with Crippen LogP contribution in [0.2, 0.25) is 0 Å². The molecule has 0 atom stereocenters. The zero-order valence-electron chi connectivity index (χ0n) is 11.5. The summed E-state index contributed by atoms with van der Waals surface area (Å²) in [5, 5.41) is 3.56. The molecule has 6 heteroatoms. The molecule has 0 amide bonds. The maximum atomic E-state index is 12.3. The molecule has 0 aliphatic carbocycles. The zero-order chi connectivity index (χ0) is 15.1. The first kappa shape index (κ1) is 13.1. The fraction of sp³-hybridized carbons (Fsp3) is 0.133. The normalized spacial score (nSPS) is 11.0. The molecule has 0 bridgehead atoms. The van der Waals surface area contributed by atoms with Crippen molar-refractivity contribution in [3.63, 3.8) is 0 Å². The number of methoxy groups -OCH3 is 1. The third-order valence-electron chi connectivity index (χ3n) is 3.46. The molecule has 2 aromatic carbocycles.